The number of hydrogen-bond acceptors (Lipinski definition) is 4. The number of halogens is 2. The topological polar surface area (TPSA) is 44.5 Å². The van der Waals surface area contributed by atoms with E-state index in [0.29, 0.717) is 10.0 Å². The zero-order chi connectivity index (χ0) is 13.4. The van der Waals surface area contributed by atoms with Gasteiger partial charge in [-0.15, -0.1) is 0 Å². The summed E-state index contributed by atoms with van der Waals surface area (Å²) < 4.78 is 14.7. The molecule has 1 aromatic rings. The van der Waals surface area contributed by atoms with E-state index in [1.807, 2.05) is 12.1 Å². The Balaban J connectivity index is 1.90. The van der Waals surface area contributed by atoms with E-state index in [4.69, 9.17) is 5.84 Å². The van der Waals surface area contributed by atoms with Gasteiger partial charge in [0.2, 0.25) is 0 Å². The molecular formula is C13H18BrFN4. The minimum Gasteiger partial charge on any atom is -0.299 e. The Morgan fingerprint density at radius 2 is 2.05 bits per heavy atom. The number of fused-ring (bicyclic) bond motifs is 3. The number of hydrogen-bond donors (Lipinski definition) is 2. The molecule has 4 rings (SSSR count). The van der Waals surface area contributed by atoms with Crippen molar-refractivity contribution in [2.24, 2.45) is 5.84 Å². The molecule has 3 aliphatic rings. The summed E-state index contributed by atoms with van der Waals surface area (Å²) in [6.45, 7) is 5.24. The zero-order valence-electron chi connectivity index (χ0n) is 10.6. The van der Waals surface area contributed by atoms with Gasteiger partial charge in [-0.25, -0.2) is 4.39 Å². The fraction of sp³-hybridized carbons (Fsp3) is 0.538. The van der Waals surface area contributed by atoms with Gasteiger partial charge in [0, 0.05) is 44.3 Å². The van der Waals surface area contributed by atoms with Crippen molar-refractivity contribution in [1.29, 1.82) is 0 Å². The van der Waals surface area contributed by atoms with Crippen molar-refractivity contribution in [3.8, 4) is 0 Å². The maximum atomic E-state index is 14.3. The third kappa shape index (κ3) is 2.43. The van der Waals surface area contributed by atoms with Crippen LogP contribution in [0.5, 0.6) is 0 Å². The Bertz CT molecular complexity index is 462. The smallest absolute Gasteiger partial charge is 0.142 e. The Morgan fingerprint density at radius 3 is 2.63 bits per heavy atom. The van der Waals surface area contributed by atoms with Gasteiger partial charge >= 0.3 is 0 Å². The molecule has 0 spiro atoms. The predicted octanol–water partition coefficient (Wildman–Crippen LogP) is 1.09. The molecule has 0 radical (unpaired) electrons. The summed E-state index contributed by atoms with van der Waals surface area (Å²) in [5, 5.41) is 0. The second kappa shape index (κ2) is 5.46. The monoisotopic (exact) mass is 328 g/mol. The lowest BCUT2D eigenvalue weighted by Crippen LogP contribution is -2.64. The molecule has 0 aromatic heterocycles. The van der Waals surface area contributed by atoms with Crippen LogP contribution in [0.2, 0.25) is 0 Å². The highest BCUT2D eigenvalue weighted by molar-refractivity contribution is 9.10. The fourth-order valence-electron chi connectivity index (χ4n) is 3.14. The molecule has 3 saturated heterocycles. The molecule has 3 fully saturated rings. The lowest BCUT2D eigenvalue weighted by molar-refractivity contribution is -0.00421. The highest BCUT2D eigenvalue weighted by Crippen LogP contribution is 2.30. The van der Waals surface area contributed by atoms with E-state index in [1.165, 1.54) is 0 Å². The number of nitrogens with two attached hydrogens (primary N) is 1. The van der Waals surface area contributed by atoms with E-state index in [9.17, 15) is 4.39 Å². The first kappa shape index (κ1) is 13.5. The highest BCUT2D eigenvalue weighted by Gasteiger charge is 2.38. The van der Waals surface area contributed by atoms with Crippen molar-refractivity contribution < 1.29 is 4.39 Å². The van der Waals surface area contributed by atoms with Crippen molar-refractivity contribution in [1.82, 2.24) is 15.2 Å². The van der Waals surface area contributed by atoms with Gasteiger partial charge in [-0.1, -0.05) is 12.1 Å². The molecule has 0 amide bonds. The van der Waals surface area contributed by atoms with Gasteiger partial charge in [0.15, 0.2) is 0 Å². The third-order valence-electron chi connectivity index (χ3n) is 4.20. The number of hydrazine groups is 1. The molecule has 2 bridgehead atoms. The lowest BCUT2D eigenvalue weighted by Gasteiger charge is -2.50. The quantitative estimate of drug-likeness (QED) is 0.644. The minimum absolute atomic E-state index is 0.180. The molecular weight excluding hydrogens is 311 g/mol. The minimum atomic E-state index is -0.219. The van der Waals surface area contributed by atoms with Crippen LogP contribution in [-0.4, -0.2) is 48.6 Å². The second-order valence-corrected chi connectivity index (χ2v) is 6.05. The van der Waals surface area contributed by atoms with Gasteiger partial charge in [-0.05, 0) is 22.0 Å². The van der Waals surface area contributed by atoms with Crippen LogP contribution in [0.15, 0.2) is 22.7 Å². The zero-order valence-corrected chi connectivity index (χ0v) is 12.2. The summed E-state index contributed by atoms with van der Waals surface area (Å²) in [5.74, 6) is 5.49. The number of rotatable bonds is 3. The summed E-state index contributed by atoms with van der Waals surface area (Å²) >= 11 is 3.24. The average molecular weight is 329 g/mol. The van der Waals surface area contributed by atoms with Crippen molar-refractivity contribution >= 4 is 15.9 Å². The molecule has 2 atom stereocenters. The molecule has 1 aromatic carbocycles. The standard InChI is InChI=1S/C13H18BrFN4/c14-10-3-1-2-9(12(10)15)13(17-16)11-8-18-4-6-19(11)7-5-18/h1-3,11,13,17H,4-8,16H2. The molecule has 19 heavy (non-hydrogen) atoms. The summed E-state index contributed by atoms with van der Waals surface area (Å²) in [4.78, 5) is 4.83. The van der Waals surface area contributed by atoms with Gasteiger partial charge in [0.1, 0.15) is 5.82 Å². The van der Waals surface area contributed by atoms with Gasteiger partial charge in [-0.2, -0.15) is 0 Å². The number of benzene rings is 1. The van der Waals surface area contributed by atoms with E-state index in [-0.39, 0.29) is 17.9 Å². The normalized spacial score (nSPS) is 31.4. The Hall–Kier alpha value is -0.530. The molecule has 0 aliphatic carbocycles. The van der Waals surface area contributed by atoms with Crippen molar-refractivity contribution in [3.63, 3.8) is 0 Å². The van der Waals surface area contributed by atoms with Crippen LogP contribution in [0.25, 0.3) is 0 Å². The molecule has 3 heterocycles. The summed E-state index contributed by atoms with van der Waals surface area (Å²) in [6.07, 6.45) is 0. The molecule has 104 valence electrons. The number of nitrogens with zero attached hydrogens (tertiary/aromatic N) is 2. The van der Waals surface area contributed by atoms with E-state index in [1.54, 1.807) is 6.07 Å². The fourth-order valence-corrected chi connectivity index (χ4v) is 3.52. The SMILES string of the molecule is NNC(c1cccc(Br)c1F)C1CN2CCN1CC2. The van der Waals surface area contributed by atoms with Crippen molar-refractivity contribution in [2.45, 2.75) is 12.1 Å². The largest absolute Gasteiger partial charge is 0.299 e. The van der Waals surface area contributed by atoms with Gasteiger partial charge in [0.05, 0.1) is 10.5 Å². The molecule has 6 heteroatoms. The molecule has 3 N–H and O–H groups in total. The number of nitrogens with one attached hydrogen (secondary N) is 1. The van der Waals surface area contributed by atoms with Crippen LogP contribution in [0, 0.1) is 5.82 Å². The second-order valence-electron chi connectivity index (χ2n) is 5.19. The maximum Gasteiger partial charge on any atom is 0.142 e. The Labute approximate surface area is 120 Å². The van der Waals surface area contributed by atoms with E-state index >= 15 is 0 Å². The van der Waals surface area contributed by atoms with Crippen molar-refractivity contribution in [3.05, 3.63) is 34.1 Å². The highest BCUT2D eigenvalue weighted by atomic mass is 79.9. The van der Waals surface area contributed by atoms with Crippen LogP contribution < -0.4 is 11.3 Å². The van der Waals surface area contributed by atoms with Crippen LogP contribution >= 0.6 is 15.9 Å². The summed E-state index contributed by atoms with van der Waals surface area (Å²) in [5.41, 5.74) is 3.45. The van der Waals surface area contributed by atoms with Gasteiger partial charge in [-0.3, -0.25) is 21.1 Å². The number of piperazine rings is 3. The average Bonchev–Trinajstić information content (AvgIpc) is 2.46. The molecule has 3 aliphatic heterocycles. The van der Waals surface area contributed by atoms with Crippen LogP contribution in [0.4, 0.5) is 4.39 Å². The van der Waals surface area contributed by atoms with Gasteiger partial charge in [0.25, 0.3) is 0 Å². The predicted molar refractivity (Wildman–Crippen MR) is 76.0 cm³/mol. The maximum absolute atomic E-state index is 14.3. The first-order valence-electron chi connectivity index (χ1n) is 6.57. The third-order valence-corrected chi connectivity index (χ3v) is 4.81. The summed E-state index contributed by atoms with van der Waals surface area (Å²) in [7, 11) is 0. The molecule has 4 nitrogen and oxygen atoms in total. The van der Waals surface area contributed by atoms with Crippen LogP contribution in [-0.2, 0) is 0 Å². The van der Waals surface area contributed by atoms with E-state index in [2.05, 4.69) is 31.2 Å². The van der Waals surface area contributed by atoms with Crippen LogP contribution in [0.1, 0.15) is 11.6 Å². The first-order valence-corrected chi connectivity index (χ1v) is 7.36. The van der Waals surface area contributed by atoms with Gasteiger partial charge < -0.3 is 0 Å². The first-order chi connectivity index (χ1) is 9.20. The molecule has 0 saturated carbocycles. The van der Waals surface area contributed by atoms with E-state index < -0.39 is 0 Å². The summed E-state index contributed by atoms with van der Waals surface area (Å²) in [6, 6.07) is 5.42. The van der Waals surface area contributed by atoms with E-state index in [0.717, 1.165) is 32.7 Å². The van der Waals surface area contributed by atoms with Crippen LogP contribution in [0.3, 0.4) is 0 Å². The Kier molecular flexibility index (Phi) is 3.86. The Morgan fingerprint density at radius 1 is 1.32 bits per heavy atom. The lowest BCUT2D eigenvalue weighted by atomic mass is 9.94. The molecule has 2 unspecified atom stereocenters. The van der Waals surface area contributed by atoms with Crippen molar-refractivity contribution in [2.75, 3.05) is 32.7 Å².